The topological polar surface area (TPSA) is 21.6 Å². The molecule has 1 heterocycles. The number of ether oxygens (including phenoxy) is 1. The second-order valence-electron chi connectivity index (χ2n) is 3.49. The molecule has 1 aliphatic rings. The van der Waals surface area contributed by atoms with Crippen LogP contribution in [-0.2, 0) is 0 Å². The van der Waals surface area contributed by atoms with E-state index in [9.17, 15) is 0 Å². The number of methoxy groups -OCH3 is 1. The van der Waals surface area contributed by atoms with E-state index in [1.54, 1.807) is 7.11 Å². The maximum Gasteiger partial charge on any atom is 0.127 e. The summed E-state index contributed by atoms with van der Waals surface area (Å²) in [4.78, 5) is 4.54. The van der Waals surface area contributed by atoms with Gasteiger partial charge >= 0.3 is 0 Å². The van der Waals surface area contributed by atoms with Crippen LogP contribution in [0, 0.1) is 0 Å². The monoisotopic (exact) mass is 189 g/mol. The van der Waals surface area contributed by atoms with Gasteiger partial charge in [-0.3, -0.25) is 4.99 Å². The van der Waals surface area contributed by atoms with E-state index < -0.39 is 0 Å². The van der Waals surface area contributed by atoms with E-state index >= 15 is 0 Å². The Balaban J connectivity index is 2.34. The molecule has 0 aliphatic carbocycles. The van der Waals surface area contributed by atoms with Gasteiger partial charge in [0, 0.05) is 17.8 Å². The van der Waals surface area contributed by atoms with Crippen molar-refractivity contribution in [2.45, 2.75) is 19.3 Å². The lowest BCUT2D eigenvalue weighted by Crippen LogP contribution is -2.08. The fourth-order valence-electron chi connectivity index (χ4n) is 1.80. The van der Waals surface area contributed by atoms with Crippen LogP contribution in [0.4, 0.5) is 0 Å². The standard InChI is InChI=1S/C12H15NO/c1-14-12-8-3-2-6-10(12)11-7-4-5-9-13-11/h2-3,6,8H,4-5,7,9H2,1H3. The average molecular weight is 189 g/mol. The first-order valence-corrected chi connectivity index (χ1v) is 5.08. The van der Waals surface area contributed by atoms with Gasteiger partial charge in [0.1, 0.15) is 5.75 Å². The smallest absolute Gasteiger partial charge is 0.127 e. The second-order valence-corrected chi connectivity index (χ2v) is 3.49. The number of aliphatic imine (C=N–C) groups is 1. The van der Waals surface area contributed by atoms with Gasteiger partial charge < -0.3 is 4.74 Å². The highest BCUT2D eigenvalue weighted by atomic mass is 16.5. The third-order valence-corrected chi connectivity index (χ3v) is 2.54. The van der Waals surface area contributed by atoms with Gasteiger partial charge in [-0.25, -0.2) is 0 Å². The zero-order valence-electron chi connectivity index (χ0n) is 8.49. The molecule has 0 spiro atoms. The summed E-state index contributed by atoms with van der Waals surface area (Å²) in [6, 6.07) is 8.11. The molecule has 1 aliphatic heterocycles. The van der Waals surface area contributed by atoms with Crippen molar-refractivity contribution in [3.8, 4) is 5.75 Å². The number of benzene rings is 1. The summed E-state index contributed by atoms with van der Waals surface area (Å²) in [6.45, 7) is 0.966. The van der Waals surface area contributed by atoms with E-state index in [2.05, 4.69) is 11.1 Å². The third-order valence-electron chi connectivity index (χ3n) is 2.54. The first-order chi connectivity index (χ1) is 6.92. The number of hydrogen-bond acceptors (Lipinski definition) is 2. The molecule has 0 fully saturated rings. The van der Waals surface area contributed by atoms with Crippen molar-refractivity contribution in [2.75, 3.05) is 13.7 Å². The minimum Gasteiger partial charge on any atom is -0.496 e. The van der Waals surface area contributed by atoms with Gasteiger partial charge in [-0.15, -0.1) is 0 Å². The summed E-state index contributed by atoms with van der Waals surface area (Å²) in [5.74, 6) is 0.938. The van der Waals surface area contributed by atoms with Gasteiger partial charge in [0.05, 0.1) is 7.11 Å². The number of para-hydroxylation sites is 1. The lowest BCUT2D eigenvalue weighted by molar-refractivity contribution is 0.413. The van der Waals surface area contributed by atoms with Crippen LogP contribution >= 0.6 is 0 Å². The Morgan fingerprint density at radius 1 is 1.21 bits per heavy atom. The first-order valence-electron chi connectivity index (χ1n) is 5.08. The Bertz CT molecular complexity index is 344. The molecule has 0 atom stereocenters. The van der Waals surface area contributed by atoms with Crippen molar-refractivity contribution in [3.05, 3.63) is 29.8 Å². The maximum absolute atomic E-state index is 5.32. The molecular weight excluding hydrogens is 174 g/mol. The number of nitrogens with zero attached hydrogens (tertiary/aromatic N) is 1. The molecule has 0 unspecified atom stereocenters. The quantitative estimate of drug-likeness (QED) is 0.701. The van der Waals surface area contributed by atoms with Crippen molar-refractivity contribution in [2.24, 2.45) is 4.99 Å². The lowest BCUT2D eigenvalue weighted by atomic mass is 10.0. The predicted octanol–water partition coefficient (Wildman–Crippen LogP) is 2.67. The Labute approximate surface area is 84.6 Å². The van der Waals surface area contributed by atoms with Crippen LogP contribution in [0.15, 0.2) is 29.3 Å². The van der Waals surface area contributed by atoms with E-state index in [0.717, 1.165) is 24.3 Å². The van der Waals surface area contributed by atoms with Gasteiger partial charge in [0.25, 0.3) is 0 Å². The Morgan fingerprint density at radius 3 is 2.79 bits per heavy atom. The molecular formula is C12H15NO. The maximum atomic E-state index is 5.32. The van der Waals surface area contributed by atoms with Gasteiger partial charge in [0.2, 0.25) is 0 Å². The molecule has 1 aromatic rings. The highest BCUT2D eigenvalue weighted by Gasteiger charge is 2.11. The van der Waals surface area contributed by atoms with Crippen molar-refractivity contribution in [1.82, 2.24) is 0 Å². The van der Waals surface area contributed by atoms with Gasteiger partial charge in [0.15, 0.2) is 0 Å². The fraction of sp³-hybridized carbons (Fsp3) is 0.417. The average Bonchev–Trinajstić information content (AvgIpc) is 2.30. The third kappa shape index (κ3) is 1.79. The molecule has 0 radical (unpaired) electrons. The molecule has 0 saturated heterocycles. The second kappa shape index (κ2) is 4.27. The molecule has 0 saturated carbocycles. The van der Waals surface area contributed by atoms with Gasteiger partial charge in [-0.1, -0.05) is 12.1 Å². The van der Waals surface area contributed by atoms with E-state index in [1.165, 1.54) is 18.6 Å². The minimum atomic E-state index is 0.938. The molecule has 2 heteroatoms. The molecule has 1 aromatic carbocycles. The van der Waals surface area contributed by atoms with Gasteiger partial charge in [-0.2, -0.15) is 0 Å². The molecule has 0 amide bonds. The zero-order valence-corrected chi connectivity index (χ0v) is 8.49. The molecule has 74 valence electrons. The van der Waals surface area contributed by atoms with E-state index in [-0.39, 0.29) is 0 Å². The number of hydrogen-bond donors (Lipinski definition) is 0. The zero-order chi connectivity index (χ0) is 9.80. The summed E-state index contributed by atoms with van der Waals surface area (Å²) in [7, 11) is 1.71. The van der Waals surface area contributed by atoms with Crippen LogP contribution < -0.4 is 4.74 Å². The van der Waals surface area contributed by atoms with Crippen LogP contribution in [0.2, 0.25) is 0 Å². The molecule has 0 bridgehead atoms. The van der Waals surface area contributed by atoms with Crippen LogP contribution in [-0.4, -0.2) is 19.4 Å². The van der Waals surface area contributed by atoms with E-state index in [0.29, 0.717) is 0 Å². The highest BCUT2D eigenvalue weighted by molar-refractivity contribution is 6.03. The normalized spacial score (nSPS) is 16.2. The summed E-state index contributed by atoms with van der Waals surface area (Å²) in [5.41, 5.74) is 2.36. The predicted molar refractivity (Wildman–Crippen MR) is 58.2 cm³/mol. The summed E-state index contributed by atoms with van der Waals surface area (Å²) >= 11 is 0. The lowest BCUT2D eigenvalue weighted by Gasteiger charge is -2.14. The fourth-order valence-corrected chi connectivity index (χ4v) is 1.80. The van der Waals surface area contributed by atoms with E-state index in [4.69, 9.17) is 4.74 Å². The summed E-state index contributed by atoms with van der Waals surface area (Å²) in [5, 5.41) is 0. The van der Waals surface area contributed by atoms with Crippen LogP contribution in [0.5, 0.6) is 5.75 Å². The Hall–Kier alpha value is -1.31. The van der Waals surface area contributed by atoms with Crippen molar-refractivity contribution in [1.29, 1.82) is 0 Å². The number of rotatable bonds is 2. The SMILES string of the molecule is COc1ccccc1C1=NCCCC1. The van der Waals surface area contributed by atoms with Crippen LogP contribution in [0.25, 0.3) is 0 Å². The van der Waals surface area contributed by atoms with E-state index in [1.807, 2.05) is 18.2 Å². The van der Waals surface area contributed by atoms with Crippen LogP contribution in [0.1, 0.15) is 24.8 Å². The molecule has 0 N–H and O–H groups in total. The Kier molecular flexibility index (Phi) is 2.82. The molecule has 2 nitrogen and oxygen atoms in total. The summed E-state index contributed by atoms with van der Waals surface area (Å²) in [6.07, 6.45) is 3.55. The van der Waals surface area contributed by atoms with Crippen molar-refractivity contribution in [3.63, 3.8) is 0 Å². The highest BCUT2D eigenvalue weighted by Crippen LogP contribution is 2.22. The molecule has 0 aromatic heterocycles. The van der Waals surface area contributed by atoms with Crippen molar-refractivity contribution < 1.29 is 4.74 Å². The minimum absolute atomic E-state index is 0.938. The first kappa shape index (κ1) is 9.25. The van der Waals surface area contributed by atoms with Crippen LogP contribution in [0.3, 0.4) is 0 Å². The Morgan fingerprint density at radius 2 is 2.07 bits per heavy atom. The summed E-state index contributed by atoms with van der Waals surface area (Å²) < 4.78 is 5.32. The van der Waals surface area contributed by atoms with Gasteiger partial charge in [-0.05, 0) is 31.4 Å². The van der Waals surface area contributed by atoms with Crippen molar-refractivity contribution >= 4 is 5.71 Å². The molecule has 2 rings (SSSR count). The molecule has 14 heavy (non-hydrogen) atoms. The largest absolute Gasteiger partial charge is 0.496 e.